The Morgan fingerprint density at radius 2 is 1.62 bits per heavy atom. The van der Waals surface area contributed by atoms with Crippen LogP contribution in [-0.4, -0.2) is 4.98 Å². The van der Waals surface area contributed by atoms with E-state index in [1.165, 1.54) is 49.9 Å². The Balaban J connectivity index is 0.000000281. The molecule has 0 radical (unpaired) electrons. The zero-order valence-electron chi connectivity index (χ0n) is 11.0. The van der Waals surface area contributed by atoms with Crippen LogP contribution in [0.4, 0.5) is 5.13 Å². The third-order valence-corrected chi connectivity index (χ3v) is 3.11. The van der Waals surface area contributed by atoms with E-state index in [1.807, 2.05) is 5.38 Å². The van der Waals surface area contributed by atoms with Gasteiger partial charge in [0.1, 0.15) is 0 Å². The van der Waals surface area contributed by atoms with E-state index in [0.29, 0.717) is 5.13 Å². The first kappa shape index (κ1) is 15.4. The maximum atomic E-state index is 5.36. The summed E-state index contributed by atoms with van der Waals surface area (Å²) in [5.41, 5.74) is 6.45. The van der Waals surface area contributed by atoms with Crippen LogP contribution >= 0.6 is 11.3 Å². The topological polar surface area (TPSA) is 38.9 Å². The molecule has 0 saturated carbocycles. The predicted octanol–water partition coefficient (Wildman–Crippen LogP) is 4.65. The van der Waals surface area contributed by atoms with Gasteiger partial charge in [-0.05, 0) is 6.42 Å². The largest absolute Gasteiger partial charge is 0.375 e. The van der Waals surface area contributed by atoms with Crippen molar-refractivity contribution in [3.63, 3.8) is 0 Å². The van der Waals surface area contributed by atoms with Crippen molar-refractivity contribution in [3.05, 3.63) is 11.1 Å². The molecule has 0 bridgehead atoms. The van der Waals surface area contributed by atoms with Gasteiger partial charge in [0.25, 0.3) is 0 Å². The first-order valence-corrected chi connectivity index (χ1v) is 7.32. The van der Waals surface area contributed by atoms with Crippen LogP contribution in [0.5, 0.6) is 0 Å². The molecule has 1 aromatic rings. The molecule has 0 aliphatic rings. The summed E-state index contributed by atoms with van der Waals surface area (Å²) in [4.78, 5) is 4.03. The summed E-state index contributed by atoms with van der Waals surface area (Å²) in [5.74, 6) is 0. The van der Waals surface area contributed by atoms with Crippen molar-refractivity contribution in [1.82, 2.24) is 4.98 Å². The van der Waals surface area contributed by atoms with Crippen LogP contribution in [0.1, 0.15) is 65.0 Å². The molecule has 0 spiro atoms. The molecule has 16 heavy (non-hydrogen) atoms. The smallest absolute Gasteiger partial charge is 0.180 e. The van der Waals surface area contributed by atoms with Gasteiger partial charge in [0, 0.05) is 5.38 Å². The minimum Gasteiger partial charge on any atom is -0.375 e. The van der Waals surface area contributed by atoms with Gasteiger partial charge in [0.15, 0.2) is 5.13 Å². The molecule has 0 unspecified atom stereocenters. The molecule has 0 atom stereocenters. The van der Waals surface area contributed by atoms with Crippen molar-refractivity contribution in [2.45, 2.75) is 65.7 Å². The maximum Gasteiger partial charge on any atom is 0.180 e. The number of unbranched alkanes of at least 4 members (excludes halogenated alkanes) is 5. The summed E-state index contributed by atoms with van der Waals surface area (Å²) in [6.45, 7) is 6.58. The Labute approximate surface area is 104 Å². The third kappa shape index (κ3) is 8.72. The highest BCUT2D eigenvalue weighted by Gasteiger charge is 1.91. The van der Waals surface area contributed by atoms with Gasteiger partial charge in [-0.1, -0.05) is 59.3 Å². The summed E-state index contributed by atoms with van der Waals surface area (Å²) in [6, 6.07) is 0. The number of aromatic nitrogens is 1. The molecule has 0 amide bonds. The first-order chi connectivity index (χ1) is 7.74. The second-order valence-corrected chi connectivity index (χ2v) is 4.83. The average molecular weight is 242 g/mol. The van der Waals surface area contributed by atoms with Gasteiger partial charge in [0.2, 0.25) is 0 Å². The Morgan fingerprint density at radius 1 is 1.06 bits per heavy atom. The van der Waals surface area contributed by atoms with E-state index < -0.39 is 0 Å². The van der Waals surface area contributed by atoms with Crippen LogP contribution in [0.25, 0.3) is 0 Å². The van der Waals surface area contributed by atoms with E-state index in [1.54, 1.807) is 0 Å². The molecule has 1 heterocycles. The molecular weight excluding hydrogens is 216 g/mol. The van der Waals surface area contributed by atoms with Crippen molar-refractivity contribution in [2.24, 2.45) is 0 Å². The second-order valence-electron chi connectivity index (χ2n) is 3.94. The molecule has 3 heteroatoms. The van der Waals surface area contributed by atoms with Gasteiger partial charge in [-0.2, -0.15) is 0 Å². The lowest BCUT2D eigenvalue weighted by atomic mass is 10.1. The lowest BCUT2D eigenvalue weighted by Crippen LogP contribution is -1.83. The fourth-order valence-corrected chi connectivity index (χ4v) is 1.98. The van der Waals surface area contributed by atoms with Crippen LogP contribution in [0.15, 0.2) is 5.38 Å². The van der Waals surface area contributed by atoms with E-state index >= 15 is 0 Å². The monoisotopic (exact) mass is 242 g/mol. The summed E-state index contributed by atoms with van der Waals surface area (Å²) in [6.07, 6.45) is 9.47. The van der Waals surface area contributed by atoms with Gasteiger partial charge < -0.3 is 5.73 Å². The molecule has 2 N–H and O–H groups in total. The van der Waals surface area contributed by atoms with Crippen LogP contribution in [-0.2, 0) is 6.42 Å². The summed E-state index contributed by atoms with van der Waals surface area (Å²) < 4.78 is 0. The Kier molecular flexibility index (Phi) is 10.5. The number of hydrogen-bond acceptors (Lipinski definition) is 3. The lowest BCUT2D eigenvalue weighted by Gasteiger charge is -1.93. The van der Waals surface area contributed by atoms with Crippen molar-refractivity contribution >= 4 is 16.5 Å². The van der Waals surface area contributed by atoms with Gasteiger partial charge in [0.05, 0.1) is 5.69 Å². The van der Waals surface area contributed by atoms with E-state index in [4.69, 9.17) is 5.73 Å². The van der Waals surface area contributed by atoms with E-state index in [-0.39, 0.29) is 0 Å². The first-order valence-electron chi connectivity index (χ1n) is 6.44. The summed E-state index contributed by atoms with van der Waals surface area (Å²) in [7, 11) is 0. The SMILES string of the molecule is CCCCCCCC.CCc1csc(N)n1. The van der Waals surface area contributed by atoms with Gasteiger partial charge >= 0.3 is 0 Å². The fraction of sp³-hybridized carbons (Fsp3) is 0.769. The van der Waals surface area contributed by atoms with Crippen LogP contribution in [0.3, 0.4) is 0 Å². The second kappa shape index (κ2) is 10.9. The zero-order valence-corrected chi connectivity index (χ0v) is 11.8. The van der Waals surface area contributed by atoms with Crippen molar-refractivity contribution in [3.8, 4) is 0 Å². The molecule has 0 aromatic carbocycles. The molecule has 1 rings (SSSR count). The molecule has 0 fully saturated rings. The third-order valence-electron chi connectivity index (χ3n) is 2.39. The molecular formula is C13H26N2S. The Hall–Kier alpha value is -0.570. The minimum atomic E-state index is 0.668. The number of hydrogen-bond donors (Lipinski definition) is 1. The predicted molar refractivity (Wildman–Crippen MR) is 75.0 cm³/mol. The van der Waals surface area contributed by atoms with E-state index in [9.17, 15) is 0 Å². The zero-order chi connectivity index (χ0) is 12.2. The van der Waals surface area contributed by atoms with E-state index in [2.05, 4.69) is 25.8 Å². The highest BCUT2D eigenvalue weighted by atomic mass is 32.1. The number of aryl methyl sites for hydroxylation is 1. The molecule has 0 aliphatic heterocycles. The molecule has 1 aromatic heterocycles. The average Bonchev–Trinajstić information content (AvgIpc) is 2.72. The highest BCUT2D eigenvalue weighted by Crippen LogP contribution is 2.10. The Morgan fingerprint density at radius 3 is 1.88 bits per heavy atom. The Bertz CT molecular complexity index is 240. The maximum absolute atomic E-state index is 5.36. The number of nitrogen functional groups attached to an aromatic ring is 1. The van der Waals surface area contributed by atoms with Crippen molar-refractivity contribution < 1.29 is 0 Å². The van der Waals surface area contributed by atoms with Crippen LogP contribution < -0.4 is 5.73 Å². The van der Waals surface area contributed by atoms with Gasteiger partial charge in [-0.3, -0.25) is 0 Å². The lowest BCUT2D eigenvalue weighted by molar-refractivity contribution is 0.624. The normalized spacial score (nSPS) is 9.69. The number of rotatable bonds is 6. The molecule has 2 nitrogen and oxygen atoms in total. The van der Waals surface area contributed by atoms with Gasteiger partial charge in [-0.15, -0.1) is 11.3 Å². The number of nitrogens with two attached hydrogens (primary N) is 1. The van der Waals surface area contributed by atoms with Crippen LogP contribution in [0, 0.1) is 0 Å². The summed E-state index contributed by atoms with van der Waals surface area (Å²) >= 11 is 1.50. The molecule has 0 aliphatic carbocycles. The number of anilines is 1. The number of thiazole rings is 1. The standard InChI is InChI=1S/C8H18.C5H8N2S/c1-3-5-7-8-6-4-2;1-2-4-3-8-5(6)7-4/h3-8H2,1-2H3;3H,2H2,1H3,(H2,6,7). The number of nitrogens with zero attached hydrogens (tertiary/aromatic N) is 1. The van der Waals surface area contributed by atoms with Crippen LogP contribution in [0.2, 0.25) is 0 Å². The minimum absolute atomic E-state index is 0.668. The summed E-state index contributed by atoms with van der Waals surface area (Å²) in [5, 5.41) is 2.65. The van der Waals surface area contributed by atoms with Crippen molar-refractivity contribution in [1.29, 1.82) is 0 Å². The van der Waals surface area contributed by atoms with Crippen molar-refractivity contribution in [2.75, 3.05) is 5.73 Å². The highest BCUT2D eigenvalue weighted by molar-refractivity contribution is 7.13. The molecule has 94 valence electrons. The molecule has 0 saturated heterocycles. The van der Waals surface area contributed by atoms with Gasteiger partial charge in [-0.25, -0.2) is 4.98 Å². The van der Waals surface area contributed by atoms with E-state index in [0.717, 1.165) is 12.1 Å². The fourth-order valence-electron chi connectivity index (χ4n) is 1.34. The quantitative estimate of drug-likeness (QED) is 0.737.